The quantitative estimate of drug-likeness (QED) is 0.263. The van der Waals surface area contributed by atoms with Crippen LogP contribution in [0.25, 0.3) is 0 Å². The molecular weight excluding hydrogens is 430 g/mol. The second-order valence-corrected chi connectivity index (χ2v) is 0. The van der Waals surface area contributed by atoms with E-state index in [2.05, 4.69) is 0 Å². The minimum absolute atomic E-state index is 0. The van der Waals surface area contributed by atoms with E-state index in [4.69, 9.17) is 0 Å². The van der Waals surface area contributed by atoms with E-state index < -0.39 is 0 Å². The van der Waals surface area contributed by atoms with Crippen molar-refractivity contribution in [3.8, 4) is 0 Å². The molecule has 0 aromatic carbocycles. The summed E-state index contributed by atoms with van der Waals surface area (Å²) < 4.78 is 0. The second-order valence-electron chi connectivity index (χ2n) is 0. The van der Waals surface area contributed by atoms with Crippen LogP contribution in [0.2, 0.25) is 0 Å². The van der Waals surface area contributed by atoms with Crippen LogP contribution in [-0.2, 0) is 25.8 Å². The first-order valence-corrected chi connectivity index (χ1v) is 0. The van der Waals surface area contributed by atoms with Crippen molar-refractivity contribution in [2.45, 2.75) is 0 Å². The SMILES string of the molecule is [Br-].[Br-].[Br-].[CH3-].[Hf+4]. The Balaban J connectivity index is 0. The van der Waals surface area contributed by atoms with Crippen LogP contribution in [0.1, 0.15) is 0 Å². The van der Waals surface area contributed by atoms with Gasteiger partial charge in [0.2, 0.25) is 0 Å². The van der Waals surface area contributed by atoms with Gasteiger partial charge in [0, 0.05) is 0 Å². The van der Waals surface area contributed by atoms with Gasteiger partial charge in [-0.2, -0.15) is 0 Å². The van der Waals surface area contributed by atoms with Crippen molar-refractivity contribution in [3.63, 3.8) is 0 Å². The fourth-order valence-electron chi connectivity index (χ4n) is 0. The summed E-state index contributed by atoms with van der Waals surface area (Å²) in [5.41, 5.74) is 0. The molecule has 0 amide bonds. The second kappa shape index (κ2) is 33.3. The van der Waals surface area contributed by atoms with E-state index in [1.54, 1.807) is 0 Å². The monoisotopic (exact) mass is 432 g/mol. The van der Waals surface area contributed by atoms with E-state index in [1.165, 1.54) is 0 Å². The van der Waals surface area contributed by atoms with E-state index in [9.17, 15) is 0 Å². The molecule has 0 aliphatic carbocycles. The molecule has 0 spiro atoms. The van der Waals surface area contributed by atoms with Crippen molar-refractivity contribution in [1.29, 1.82) is 0 Å². The molecule has 0 rings (SSSR count). The van der Waals surface area contributed by atoms with Crippen LogP contribution in [-0.4, -0.2) is 0 Å². The maximum Gasteiger partial charge on any atom is 4.00 e. The summed E-state index contributed by atoms with van der Waals surface area (Å²) >= 11 is 0. The molecular formula is CH3Br3Hf. The molecule has 0 aromatic heterocycles. The van der Waals surface area contributed by atoms with Crippen LogP contribution < -0.4 is 50.9 Å². The van der Waals surface area contributed by atoms with Crippen molar-refractivity contribution in [3.05, 3.63) is 7.43 Å². The smallest absolute Gasteiger partial charge is 1.00 e. The third kappa shape index (κ3) is 22.0. The van der Waals surface area contributed by atoms with Crippen molar-refractivity contribution >= 4 is 0 Å². The topological polar surface area (TPSA) is 0 Å². The van der Waals surface area contributed by atoms with Gasteiger partial charge in [0.15, 0.2) is 0 Å². The van der Waals surface area contributed by atoms with Crippen molar-refractivity contribution in [1.82, 2.24) is 0 Å². The first-order chi connectivity index (χ1) is 0. The summed E-state index contributed by atoms with van der Waals surface area (Å²) in [5, 5.41) is 0. The number of rotatable bonds is 0. The van der Waals surface area contributed by atoms with Gasteiger partial charge in [0.1, 0.15) is 0 Å². The summed E-state index contributed by atoms with van der Waals surface area (Å²) in [5.74, 6) is 0. The molecule has 4 heteroatoms. The number of hydrogen-bond donors (Lipinski definition) is 0. The molecule has 0 unspecified atom stereocenters. The number of hydrogen-bond acceptors (Lipinski definition) is 0. The average Bonchev–Trinajstić information content (AvgIpc) is 0. The van der Waals surface area contributed by atoms with E-state index in [-0.39, 0.29) is 84.2 Å². The zero-order chi connectivity index (χ0) is 0. The molecule has 0 fully saturated rings. The van der Waals surface area contributed by atoms with Crippen LogP contribution in [0.5, 0.6) is 0 Å². The molecule has 0 aliphatic rings. The van der Waals surface area contributed by atoms with E-state index in [1.807, 2.05) is 0 Å². The van der Waals surface area contributed by atoms with Gasteiger partial charge in [0.05, 0.1) is 0 Å². The van der Waals surface area contributed by atoms with Crippen LogP contribution in [0, 0.1) is 7.43 Å². The molecule has 0 heterocycles. The Morgan fingerprint density at radius 3 is 0.600 bits per heavy atom. The standard InChI is InChI=1S/CH3.3BrH.Hf/h1H3;3*1H;/q-1;;;;+4/p-3. The van der Waals surface area contributed by atoms with Crippen molar-refractivity contribution in [2.24, 2.45) is 0 Å². The van der Waals surface area contributed by atoms with E-state index >= 15 is 0 Å². The van der Waals surface area contributed by atoms with Gasteiger partial charge in [-0.05, 0) is 0 Å². The maximum atomic E-state index is 0. The van der Waals surface area contributed by atoms with Gasteiger partial charge < -0.3 is 58.4 Å². The normalized spacial score (nSPS) is 0. The first-order valence-electron chi connectivity index (χ1n) is 0. The molecule has 0 saturated carbocycles. The summed E-state index contributed by atoms with van der Waals surface area (Å²) in [6.07, 6.45) is 0. The zero-order valence-electron chi connectivity index (χ0n) is 2.63. The Kier molecular flexibility index (Phi) is 364. The molecule has 32 valence electrons. The fraction of sp³-hybridized carbons (Fsp3) is 0. The Bertz CT molecular complexity index is 6.85. The van der Waals surface area contributed by atoms with Gasteiger partial charge in [-0.25, -0.2) is 0 Å². The molecule has 0 saturated heterocycles. The molecule has 0 aliphatic heterocycles. The molecule has 5 heavy (non-hydrogen) atoms. The summed E-state index contributed by atoms with van der Waals surface area (Å²) in [6, 6.07) is 0. The molecule has 0 radical (unpaired) electrons. The van der Waals surface area contributed by atoms with Gasteiger partial charge >= 0.3 is 25.8 Å². The Morgan fingerprint density at radius 1 is 0.600 bits per heavy atom. The Morgan fingerprint density at radius 2 is 0.600 bits per heavy atom. The zero-order valence-corrected chi connectivity index (χ0v) is 11.0. The summed E-state index contributed by atoms with van der Waals surface area (Å²) in [7, 11) is 0. The summed E-state index contributed by atoms with van der Waals surface area (Å²) in [4.78, 5) is 0. The molecule has 0 N–H and O–H groups in total. The molecule has 0 aromatic rings. The van der Waals surface area contributed by atoms with E-state index in [0.717, 1.165) is 0 Å². The van der Waals surface area contributed by atoms with Gasteiger partial charge in [-0.15, -0.1) is 0 Å². The third-order valence-electron chi connectivity index (χ3n) is 0. The minimum atomic E-state index is 0. The number of halogens is 3. The molecule has 0 atom stereocenters. The first kappa shape index (κ1) is 54.5. The largest absolute Gasteiger partial charge is 4.00 e. The molecule has 0 nitrogen and oxygen atoms in total. The summed E-state index contributed by atoms with van der Waals surface area (Å²) in [6.45, 7) is 0. The van der Waals surface area contributed by atoms with Gasteiger partial charge in [0.25, 0.3) is 0 Å². The van der Waals surface area contributed by atoms with Crippen LogP contribution in [0.4, 0.5) is 0 Å². The van der Waals surface area contributed by atoms with Crippen molar-refractivity contribution < 1.29 is 76.8 Å². The van der Waals surface area contributed by atoms with Crippen LogP contribution in [0.3, 0.4) is 0 Å². The predicted molar refractivity (Wildman–Crippen MR) is 6.41 cm³/mol. The Labute approximate surface area is 83.2 Å². The van der Waals surface area contributed by atoms with Crippen molar-refractivity contribution in [2.75, 3.05) is 0 Å². The van der Waals surface area contributed by atoms with Gasteiger partial charge in [-0.1, -0.05) is 0 Å². The van der Waals surface area contributed by atoms with E-state index in [0.29, 0.717) is 0 Å². The predicted octanol–water partition coefficient (Wildman–Crippen LogP) is -8.54. The molecule has 0 bridgehead atoms. The fourth-order valence-corrected chi connectivity index (χ4v) is 0. The van der Waals surface area contributed by atoms with Gasteiger partial charge in [-0.3, -0.25) is 0 Å². The minimum Gasteiger partial charge on any atom is -1.00 e. The Hall–Kier alpha value is 2.31. The van der Waals surface area contributed by atoms with Crippen LogP contribution >= 0.6 is 0 Å². The van der Waals surface area contributed by atoms with Crippen LogP contribution in [0.15, 0.2) is 0 Å². The average molecular weight is 433 g/mol. The third-order valence-corrected chi connectivity index (χ3v) is 0. The maximum absolute atomic E-state index is 0.